The van der Waals surface area contributed by atoms with Gasteiger partial charge in [0.15, 0.2) is 5.78 Å². The number of ketones is 1. The molecule has 0 fully saturated rings. The van der Waals surface area contributed by atoms with Crippen LogP contribution in [-0.2, 0) is 7.05 Å². The minimum Gasteiger partial charge on any atom is -0.348 e. The molecule has 0 saturated heterocycles. The van der Waals surface area contributed by atoms with Crippen molar-refractivity contribution in [1.82, 2.24) is 10.0 Å². The lowest BCUT2D eigenvalue weighted by Crippen LogP contribution is -2.18. The fraction of sp³-hybridized carbons (Fsp3) is 0.250. The molecule has 1 aromatic heterocycles. The predicted molar refractivity (Wildman–Crippen MR) is 78.5 cm³/mol. The van der Waals surface area contributed by atoms with Gasteiger partial charge in [-0.25, -0.2) is 5.48 Å². The first-order valence-electron chi connectivity index (χ1n) is 6.72. The van der Waals surface area contributed by atoms with Crippen LogP contribution < -0.4 is 5.48 Å². The molecular formula is C16H18N2O3. The summed E-state index contributed by atoms with van der Waals surface area (Å²) in [6.07, 6.45) is 2.25. The van der Waals surface area contributed by atoms with E-state index in [9.17, 15) is 9.59 Å². The number of Topliss-reactive ketones (excluding diaryl/α,β-unsaturated/α-hetero) is 1. The molecule has 2 rings (SSSR count). The predicted octanol–water partition coefficient (Wildman–Crippen LogP) is 2.52. The van der Waals surface area contributed by atoms with Gasteiger partial charge < -0.3 is 4.57 Å². The van der Waals surface area contributed by atoms with Gasteiger partial charge in [-0.05, 0) is 35.7 Å². The molecule has 1 aromatic carbocycles. The maximum Gasteiger partial charge on any atom is 0.274 e. The van der Waals surface area contributed by atoms with Crippen LogP contribution in [0.25, 0.3) is 0 Å². The van der Waals surface area contributed by atoms with Crippen molar-refractivity contribution in [2.75, 3.05) is 0 Å². The fourth-order valence-electron chi connectivity index (χ4n) is 2.28. The number of aromatic nitrogens is 1. The summed E-state index contributed by atoms with van der Waals surface area (Å²) < 4.78 is 1.81. The molecule has 0 bridgehead atoms. The molecule has 2 N–H and O–H groups in total. The number of rotatable bonds is 5. The second-order valence-electron chi connectivity index (χ2n) is 5.10. The Morgan fingerprint density at radius 3 is 2.43 bits per heavy atom. The molecule has 5 heteroatoms. The van der Waals surface area contributed by atoms with E-state index in [0.717, 1.165) is 5.56 Å². The van der Waals surface area contributed by atoms with Gasteiger partial charge in [0.2, 0.25) is 0 Å². The lowest BCUT2D eigenvalue weighted by Gasteiger charge is -2.12. The van der Waals surface area contributed by atoms with Gasteiger partial charge in [0.1, 0.15) is 0 Å². The van der Waals surface area contributed by atoms with Gasteiger partial charge in [-0.15, -0.1) is 0 Å². The molecule has 21 heavy (non-hydrogen) atoms. The molecule has 0 aliphatic carbocycles. The Labute approximate surface area is 123 Å². The van der Waals surface area contributed by atoms with E-state index in [-0.39, 0.29) is 11.7 Å². The van der Waals surface area contributed by atoms with Gasteiger partial charge in [0.05, 0.1) is 5.69 Å². The number of hydrogen-bond acceptors (Lipinski definition) is 3. The number of carbonyl (C=O) groups excluding carboxylic acids is 2. The maximum absolute atomic E-state index is 12.2. The third-order valence-corrected chi connectivity index (χ3v) is 3.56. The lowest BCUT2D eigenvalue weighted by molar-refractivity contribution is 0.0706. The number of benzene rings is 1. The SMILES string of the molecule is CC(CC(=O)c1cccn1C)c1ccc(C(=O)NO)cc1. The van der Waals surface area contributed by atoms with E-state index >= 15 is 0 Å². The molecule has 0 radical (unpaired) electrons. The average Bonchev–Trinajstić information content (AvgIpc) is 2.92. The lowest BCUT2D eigenvalue weighted by atomic mass is 9.94. The third-order valence-electron chi connectivity index (χ3n) is 3.56. The number of aryl methyl sites for hydroxylation is 1. The zero-order chi connectivity index (χ0) is 15.4. The van der Waals surface area contributed by atoms with E-state index in [4.69, 9.17) is 5.21 Å². The molecule has 0 aliphatic rings. The number of carbonyl (C=O) groups is 2. The minimum absolute atomic E-state index is 0.0543. The van der Waals surface area contributed by atoms with E-state index in [1.165, 1.54) is 0 Å². The van der Waals surface area contributed by atoms with E-state index < -0.39 is 5.91 Å². The number of nitrogens with zero attached hydrogens (tertiary/aromatic N) is 1. The van der Waals surface area contributed by atoms with Crippen LogP contribution in [-0.4, -0.2) is 21.5 Å². The highest BCUT2D eigenvalue weighted by Gasteiger charge is 2.15. The van der Waals surface area contributed by atoms with Gasteiger partial charge in [-0.1, -0.05) is 19.1 Å². The maximum atomic E-state index is 12.2. The highest BCUT2D eigenvalue weighted by atomic mass is 16.5. The minimum atomic E-state index is -0.547. The van der Waals surface area contributed by atoms with Crippen LogP contribution in [0.5, 0.6) is 0 Å². The standard InChI is InChI=1S/C16H18N2O3/c1-11(10-15(19)14-4-3-9-18(14)2)12-5-7-13(8-6-12)16(20)17-21/h3-9,11,21H,10H2,1-2H3,(H,17,20). The molecule has 5 nitrogen and oxygen atoms in total. The average molecular weight is 286 g/mol. The third kappa shape index (κ3) is 3.38. The Hall–Kier alpha value is -2.40. The molecule has 1 atom stereocenters. The monoisotopic (exact) mass is 286 g/mol. The normalized spacial score (nSPS) is 12.0. The summed E-state index contributed by atoms with van der Waals surface area (Å²) in [6.45, 7) is 1.97. The van der Waals surface area contributed by atoms with Gasteiger partial charge in [0.25, 0.3) is 5.91 Å². The van der Waals surface area contributed by atoms with Crippen LogP contribution in [0, 0.1) is 0 Å². The molecule has 110 valence electrons. The molecule has 2 aromatic rings. The number of hydroxylamine groups is 1. The zero-order valence-corrected chi connectivity index (χ0v) is 12.0. The summed E-state index contributed by atoms with van der Waals surface area (Å²) in [7, 11) is 1.85. The van der Waals surface area contributed by atoms with Gasteiger partial charge in [0, 0.05) is 25.2 Å². The molecule has 1 unspecified atom stereocenters. The van der Waals surface area contributed by atoms with Crippen molar-refractivity contribution >= 4 is 11.7 Å². The number of nitrogens with one attached hydrogen (secondary N) is 1. The first kappa shape index (κ1) is 15.0. The summed E-state index contributed by atoms with van der Waals surface area (Å²) in [5.41, 5.74) is 3.64. The second-order valence-corrected chi connectivity index (χ2v) is 5.10. The van der Waals surface area contributed by atoms with Crippen molar-refractivity contribution in [3.05, 3.63) is 59.4 Å². The van der Waals surface area contributed by atoms with Crippen LogP contribution in [0.2, 0.25) is 0 Å². The van der Waals surface area contributed by atoms with Crippen molar-refractivity contribution in [3.8, 4) is 0 Å². The van der Waals surface area contributed by atoms with E-state index in [2.05, 4.69) is 0 Å². The summed E-state index contributed by atoms with van der Waals surface area (Å²) in [4.78, 5) is 23.5. The van der Waals surface area contributed by atoms with Crippen LogP contribution >= 0.6 is 0 Å². The topological polar surface area (TPSA) is 71.3 Å². The Bertz CT molecular complexity index is 644. The molecule has 1 amide bonds. The van der Waals surface area contributed by atoms with E-state index in [0.29, 0.717) is 17.7 Å². The summed E-state index contributed by atoms with van der Waals surface area (Å²) >= 11 is 0. The van der Waals surface area contributed by atoms with Crippen molar-refractivity contribution in [1.29, 1.82) is 0 Å². The summed E-state index contributed by atoms with van der Waals surface area (Å²) in [5.74, 6) is -0.403. The quantitative estimate of drug-likeness (QED) is 0.504. The smallest absolute Gasteiger partial charge is 0.274 e. The number of hydrogen-bond donors (Lipinski definition) is 2. The van der Waals surface area contributed by atoms with Gasteiger partial charge in [-0.2, -0.15) is 0 Å². The zero-order valence-electron chi connectivity index (χ0n) is 12.0. The first-order chi connectivity index (χ1) is 10.0. The highest BCUT2D eigenvalue weighted by Crippen LogP contribution is 2.21. The molecule has 0 spiro atoms. The van der Waals surface area contributed by atoms with Gasteiger partial charge in [-0.3, -0.25) is 14.8 Å². The Kier molecular flexibility index (Phi) is 4.55. The molecule has 1 heterocycles. The Morgan fingerprint density at radius 2 is 1.90 bits per heavy atom. The van der Waals surface area contributed by atoms with E-state index in [1.54, 1.807) is 29.7 Å². The Morgan fingerprint density at radius 1 is 1.24 bits per heavy atom. The van der Waals surface area contributed by atoms with Crippen molar-refractivity contribution in [3.63, 3.8) is 0 Å². The number of amides is 1. The molecular weight excluding hydrogens is 268 g/mol. The highest BCUT2D eigenvalue weighted by molar-refractivity contribution is 5.95. The summed E-state index contributed by atoms with van der Waals surface area (Å²) in [5, 5.41) is 8.57. The van der Waals surface area contributed by atoms with Crippen LogP contribution in [0.15, 0.2) is 42.6 Å². The van der Waals surface area contributed by atoms with Crippen LogP contribution in [0.1, 0.15) is 45.7 Å². The van der Waals surface area contributed by atoms with Crippen LogP contribution in [0.3, 0.4) is 0 Å². The van der Waals surface area contributed by atoms with Gasteiger partial charge >= 0.3 is 0 Å². The fourth-order valence-corrected chi connectivity index (χ4v) is 2.28. The Balaban J connectivity index is 2.07. The van der Waals surface area contributed by atoms with E-state index in [1.807, 2.05) is 36.9 Å². The second kappa shape index (κ2) is 6.37. The summed E-state index contributed by atoms with van der Waals surface area (Å²) in [6, 6.07) is 10.5. The molecule has 0 saturated carbocycles. The van der Waals surface area contributed by atoms with Crippen molar-refractivity contribution < 1.29 is 14.8 Å². The molecule has 0 aliphatic heterocycles. The first-order valence-corrected chi connectivity index (χ1v) is 6.72. The van der Waals surface area contributed by atoms with Crippen LogP contribution in [0.4, 0.5) is 0 Å². The van der Waals surface area contributed by atoms with Crippen molar-refractivity contribution in [2.45, 2.75) is 19.3 Å². The largest absolute Gasteiger partial charge is 0.348 e. The van der Waals surface area contributed by atoms with Crippen molar-refractivity contribution in [2.24, 2.45) is 7.05 Å².